The molecule has 0 aliphatic carbocycles. The topological polar surface area (TPSA) is 204 Å². The first-order valence-corrected chi connectivity index (χ1v) is 44.1. The van der Waals surface area contributed by atoms with Crippen molar-refractivity contribution in [2.24, 2.45) is 37.9 Å². The Morgan fingerprint density at radius 1 is 0.385 bits per heavy atom. The van der Waals surface area contributed by atoms with Gasteiger partial charge in [-0.25, -0.2) is 0 Å². The quantitative estimate of drug-likeness (QED) is 0.0196. The Kier molecular flexibility index (Phi) is 58.5. The number of ether oxygens (including phenoxy) is 5. The minimum Gasteiger partial charge on any atom is -0.488 e. The number of hydrogen-bond donors (Lipinski definition) is 6. The molecule has 0 atom stereocenters. The molecule has 3 aromatic carbocycles. The normalized spacial score (nSPS) is 11.9. The first-order valence-electron chi connectivity index (χ1n) is 44.1. The zero-order valence-electron chi connectivity index (χ0n) is 85.7. The molecule has 16 heteroatoms. The van der Waals surface area contributed by atoms with Crippen LogP contribution in [0.25, 0.3) is 0 Å². The van der Waals surface area contributed by atoms with Crippen LogP contribution in [0, 0.1) is 98.1 Å². The van der Waals surface area contributed by atoms with E-state index in [1.54, 1.807) is 12.1 Å². The third-order valence-electron chi connectivity index (χ3n) is 19.2. The van der Waals surface area contributed by atoms with Crippen LogP contribution in [0.1, 0.15) is 370 Å². The van der Waals surface area contributed by atoms with E-state index < -0.39 is 0 Å². The van der Waals surface area contributed by atoms with Crippen LogP contribution in [-0.2, 0) is 41.6 Å². The fourth-order valence-corrected chi connectivity index (χ4v) is 9.38. The number of Topliss-reactive ketones (excluding diaryl/α,β-unsaturated/α-hetero) is 1. The Hall–Kier alpha value is -7.43. The monoisotopic (exact) mass is 1700 g/mol. The van der Waals surface area contributed by atoms with Crippen molar-refractivity contribution in [3.8, 4) is 66.0 Å². The van der Waals surface area contributed by atoms with Crippen LogP contribution in [0.5, 0.6) is 5.75 Å². The summed E-state index contributed by atoms with van der Waals surface area (Å²) in [5, 5.41) is 18.3. The predicted molar refractivity (Wildman–Crippen MR) is 520 cm³/mol. The molecule has 6 N–H and O–H groups in total. The molecule has 694 valence electrons. The lowest BCUT2D eigenvalue weighted by Gasteiger charge is -2.31. The van der Waals surface area contributed by atoms with Crippen LogP contribution in [0.15, 0.2) is 72.8 Å². The summed E-state index contributed by atoms with van der Waals surface area (Å²) in [4.78, 5) is 59.2. The molecule has 0 unspecified atom stereocenters. The number of carbonyl (C=O) groups excluding carboxylic acids is 5. The van der Waals surface area contributed by atoms with E-state index in [2.05, 4.69) is 239 Å². The number of ketones is 1. The van der Waals surface area contributed by atoms with Crippen LogP contribution in [0.4, 0.5) is 0 Å². The Labute approximate surface area is 749 Å². The summed E-state index contributed by atoms with van der Waals surface area (Å²) >= 11 is 0. The second kappa shape index (κ2) is 58.0. The standard InChI is InChI=1S/C17H28N2O2.C17H28N2O.C16H26N2O2.C15H30O3.C11H22O.C10H22O.C10H22.C10H2/c1-16(2,3)21-11-13-7-9-14(10-8-13)15(20)19-12-17(4,5)18-6;1-16(2,3)11-13-7-9-14(10-8-13)15(20)19-12-17(4,5)18-6;1-15(2,3)20-13-9-7-12(8-10-13)14(19)18-11-16(4,5)17-6;1-7-15(5,6)10-12-17-11-8-9-13(16)18-14(2,3)4;1-7-11(5,6)8-9(12)10(2,3)4;1-7-10(5,6)8-11-9(2,3)4;1-7-10(5,6)8-9(2,3)4;1-3-5-7-9-10-8-6-4-2/h7-10,18H,11-12H2,1-6H3,(H,19,20);7-10,18H,11-12H2,1-6H3,(H,19,20);7-10,17H,11H2,1-6H3,(H,18,19);7-12H2,1-6H3;7-8H2,1-6H3;7-8H2,1-6H3;7-8H2,1-6H3;1-2H. The van der Waals surface area contributed by atoms with Gasteiger partial charge >= 0.3 is 5.97 Å². The highest BCUT2D eigenvalue weighted by Crippen LogP contribution is 2.36. The second-order valence-electron chi connectivity index (χ2n) is 43.9. The van der Waals surface area contributed by atoms with Gasteiger partial charge in [0.05, 0.1) is 24.4 Å². The van der Waals surface area contributed by atoms with Crippen molar-refractivity contribution in [1.29, 1.82) is 0 Å². The van der Waals surface area contributed by atoms with Crippen molar-refractivity contribution < 1.29 is 47.7 Å². The SMILES string of the molecule is C#CC#CC#CC#CC#C.CCC(C)(C)CC(=O)C(C)(C)C.CCC(C)(C)CC(C)(C)C.CCC(C)(C)CCOCCCC(=O)OC(C)(C)C.CCC(C)(C)COC(C)(C)C.CNC(C)(C)CNC(=O)c1ccc(CC(C)(C)C)cc1.CNC(C)(C)CNC(=O)c1ccc(COC(C)(C)C)cc1.CNC(C)(C)CNC(=O)c1ccc(OC(C)(C)C)cc1. The lowest BCUT2D eigenvalue weighted by Crippen LogP contribution is -2.47. The van der Waals surface area contributed by atoms with Crippen molar-refractivity contribution in [2.75, 3.05) is 60.6 Å². The minimum atomic E-state index is -0.386. The lowest BCUT2D eigenvalue weighted by atomic mass is 9.75. The summed E-state index contributed by atoms with van der Waals surface area (Å²) < 4.78 is 27.9. The zero-order valence-corrected chi connectivity index (χ0v) is 85.7. The van der Waals surface area contributed by atoms with E-state index >= 15 is 0 Å². The van der Waals surface area contributed by atoms with E-state index in [1.807, 2.05) is 193 Å². The molecule has 0 heterocycles. The van der Waals surface area contributed by atoms with Crippen molar-refractivity contribution in [3.63, 3.8) is 0 Å². The fraction of sp³-hybridized carbons (Fsp3) is 0.689. The number of benzene rings is 3. The fourth-order valence-electron chi connectivity index (χ4n) is 9.38. The van der Waals surface area contributed by atoms with Gasteiger partial charge in [-0.3, -0.25) is 24.0 Å². The number of likely N-dealkylation sites (N-methyl/N-ethyl adjacent to an activating group) is 3. The molecule has 3 rings (SSSR count). The number of rotatable bonds is 32. The number of hydrogen-bond acceptors (Lipinski definition) is 13. The molecule has 0 bridgehead atoms. The zero-order chi connectivity index (χ0) is 96.3. The summed E-state index contributed by atoms with van der Waals surface area (Å²) in [7, 11) is 5.66. The maximum Gasteiger partial charge on any atom is 0.306 e. The first-order chi connectivity index (χ1) is 55.2. The van der Waals surface area contributed by atoms with Crippen LogP contribution >= 0.6 is 0 Å². The molecular weight excluding hydrogens is 1520 g/mol. The largest absolute Gasteiger partial charge is 0.488 e. The van der Waals surface area contributed by atoms with Gasteiger partial charge in [-0.15, -0.1) is 12.8 Å². The second-order valence-corrected chi connectivity index (χ2v) is 43.9. The van der Waals surface area contributed by atoms with Gasteiger partial charge in [-0.05, 0) is 317 Å². The van der Waals surface area contributed by atoms with E-state index in [9.17, 15) is 24.0 Å². The average Bonchev–Trinajstić information content (AvgIpc) is 0.883. The van der Waals surface area contributed by atoms with Gasteiger partial charge in [0, 0.05) is 84.4 Å². The molecule has 0 aromatic heterocycles. The maximum absolute atomic E-state index is 12.1. The van der Waals surface area contributed by atoms with Gasteiger partial charge in [0.1, 0.15) is 22.7 Å². The summed E-state index contributed by atoms with van der Waals surface area (Å²) in [5.74, 6) is 19.2. The summed E-state index contributed by atoms with van der Waals surface area (Å²) in [6.45, 7) is 87.1. The summed E-state index contributed by atoms with van der Waals surface area (Å²) in [5.41, 5.74) is 5.21. The molecule has 0 fully saturated rings. The molecule has 16 nitrogen and oxygen atoms in total. The summed E-state index contributed by atoms with van der Waals surface area (Å²) in [6, 6.07) is 22.6. The summed E-state index contributed by atoms with van der Waals surface area (Å²) in [6.07, 6.45) is 19.6. The number of terminal acetylenes is 2. The van der Waals surface area contributed by atoms with Gasteiger partial charge in [0.25, 0.3) is 17.7 Å². The highest BCUT2D eigenvalue weighted by atomic mass is 16.6. The average molecular weight is 1700 g/mol. The Balaban J connectivity index is -0.000000435. The maximum atomic E-state index is 12.1. The van der Waals surface area contributed by atoms with E-state index in [4.69, 9.17) is 36.5 Å². The minimum absolute atomic E-state index is 0.00639. The predicted octanol–water partition coefficient (Wildman–Crippen LogP) is 23.1. The Bertz CT molecular complexity index is 3600. The smallest absolute Gasteiger partial charge is 0.306 e. The van der Waals surface area contributed by atoms with Crippen LogP contribution in [0.3, 0.4) is 0 Å². The molecule has 122 heavy (non-hydrogen) atoms. The first kappa shape index (κ1) is 123. The van der Waals surface area contributed by atoms with E-state index in [1.165, 1.54) is 24.8 Å². The van der Waals surface area contributed by atoms with Gasteiger partial charge in [0.2, 0.25) is 0 Å². The molecule has 0 saturated carbocycles. The number of esters is 1. The van der Waals surface area contributed by atoms with Crippen LogP contribution < -0.4 is 36.6 Å². The van der Waals surface area contributed by atoms with Crippen LogP contribution in [0.2, 0.25) is 0 Å². The van der Waals surface area contributed by atoms with Gasteiger partial charge in [-0.1, -0.05) is 189 Å². The Morgan fingerprint density at radius 2 is 0.738 bits per heavy atom. The van der Waals surface area contributed by atoms with Crippen molar-refractivity contribution in [2.45, 2.75) is 380 Å². The van der Waals surface area contributed by atoms with Crippen LogP contribution in [-0.4, -0.2) is 129 Å². The number of carbonyl (C=O) groups is 5. The molecule has 0 spiro atoms. The molecule has 0 saturated heterocycles. The highest BCUT2D eigenvalue weighted by Gasteiger charge is 2.29. The van der Waals surface area contributed by atoms with Crippen molar-refractivity contribution >= 4 is 29.5 Å². The lowest BCUT2D eigenvalue weighted by molar-refractivity contribution is -0.155. The molecule has 0 aliphatic rings. The third-order valence-corrected chi connectivity index (χ3v) is 19.2. The molecule has 0 aliphatic heterocycles. The Morgan fingerprint density at radius 3 is 1.03 bits per heavy atom. The third kappa shape index (κ3) is 76.2. The number of nitrogens with one attached hydrogen (secondary N) is 6. The highest BCUT2D eigenvalue weighted by molar-refractivity contribution is 5.95. The molecule has 0 radical (unpaired) electrons. The van der Waals surface area contributed by atoms with Gasteiger partial charge in [-0.2, -0.15) is 0 Å². The van der Waals surface area contributed by atoms with Crippen molar-refractivity contribution in [3.05, 3.63) is 101 Å². The van der Waals surface area contributed by atoms with E-state index in [0.717, 1.165) is 62.2 Å². The van der Waals surface area contributed by atoms with Crippen molar-refractivity contribution in [1.82, 2.24) is 31.9 Å². The van der Waals surface area contributed by atoms with E-state index in [0.29, 0.717) is 84.3 Å². The van der Waals surface area contributed by atoms with Gasteiger partial charge in [0.15, 0.2) is 0 Å². The molecule has 3 aromatic rings. The molecular formula is C106H180N6O10. The van der Waals surface area contributed by atoms with E-state index in [-0.39, 0.29) is 79.0 Å². The van der Waals surface area contributed by atoms with Gasteiger partial charge < -0.3 is 55.6 Å². The molecule has 3 amide bonds. The number of amides is 3.